The fraction of sp³-hybridized carbons (Fsp3) is 0.667. The van der Waals surface area contributed by atoms with E-state index in [1.165, 1.54) is 56.3 Å². The number of hydrogen-bond donors (Lipinski definition) is 1. The average molecular weight is 245 g/mol. The van der Waals surface area contributed by atoms with Gasteiger partial charge < -0.3 is 10.6 Å². The second-order valence-electron chi connectivity index (χ2n) is 5.66. The van der Waals surface area contributed by atoms with Crippen LogP contribution in [0.5, 0.6) is 0 Å². The monoisotopic (exact) mass is 245 g/mol. The molecule has 0 bridgehead atoms. The number of rotatable bonds is 2. The fourth-order valence-electron chi connectivity index (χ4n) is 3.78. The third-order valence-corrected chi connectivity index (χ3v) is 4.65. The molecule has 3 nitrogen and oxygen atoms in total. The summed E-state index contributed by atoms with van der Waals surface area (Å²) in [5.41, 5.74) is 8.39. The van der Waals surface area contributed by atoms with Crippen LogP contribution in [0.1, 0.15) is 44.1 Å². The van der Waals surface area contributed by atoms with Gasteiger partial charge >= 0.3 is 0 Å². The first kappa shape index (κ1) is 12.0. The number of nitrogens with zero attached hydrogens (tertiary/aromatic N) is 2. The van der Waals surface area contributed by atoms with E-state index in [4.69, 9.17) is 5.73 Å². The van der Waals surface area contributed by atoms with E-state index in [0.717, 1.165) is 12.0 Å². The number of piperidine rings is 1. The Labute approximate surface area is 109 Å². The fourth-order valence-corrected chi connectivity index (χ4v) is 3.78. The number of anilines is 1. The molecule has 1 aliphatic heterocycles. The van der Waals surface area contributed by atoms with E-state index in [2.05, 4.69) is 16.0 Å². The van der Waals surface area contributed by atoms with Gasteiger partial charge in [0.25, 0.3) is 0 Å². The summed E-state index contributed by atoms with van der Waals surface area (Å²) in [5.74, 6) is 0.909. The molecule has 0 unspecified atom stereocenters. The Morgan fingerprint density at radius 3 is 2.94 bits per heavy atom. The van der Waals surface area contributed by atoms with Crippen molar-refractivity contribution in [1.29, 1.82) is 0 Å². The van der Waals surface area contributed by atoms with Crippen LogP contribution in [0.2, 0.25) is 0 Å². The molecule has 2 aliphatic rings. The third-order valence-electron chi connectivity index (χ3n) is 4.65. The maximum atomic E-state index is 5.86. The highest BCUT2D eigenvalue weighted by Gasteiger charge is 2.33. The van der Waals surface area contributed by atoms with Crippen LogP contribution < -0.4 is 10.6 Å². The van der Waals surface area contributed by atoms with Gasteiger partial charge in [-0.1, -0.05) is 12.8 Å². The van der Waals surface area contributed by atoms with Crippen molar-refractivity contribution in [1.82, 2.24) is 4.98 Å². The molecule has 98 valence electrons. The topological polar surface area (TPSA) is 42.1 Å². The Morgan fingerprint density at radius 1 is 1.22 bits per heavy atom. The van der Waals surface area contributed by atoms with Gasteiger partial charge in [-0.2, -0.15) is 0 Å². The first-order valence-corrected chi connectivity index (χ1v) is 7.29. The SMILES string of the molecule is NCc1cnccc1N1CCC[C@H]2CCCC[C@H]21. The van der Waals surface area contributed by atoms with Crippen molar-refractivity contribution in [2.24, 2.45) is 11.7 Å². The van der Waals surface area contributed by atoms with Crippen LogP contribution >= 0.6 is 0 Å². The number of nitrogens with two attached hydrogens (primary N) is 1. The molecule has 3 heteroatoms. The normalized spacial score (nSPS) is 27.9. The summed E-state index contributed by atoms with van der Waals surface area (Å²) >= 11 is 0. The zero-order valence-electron chi connectivity index (χ0n) is 11.0. The van der Waals surface area contributed by atoms with Gasteiger partial charge in [0.2, 0.25) is 0 Å². The number of aromatic nitrogens is 1. The van der Waals surface area contributed by atoms with Crippen LogP contribution in [0.15, 0.2) is 18.5 Å². The summed E-state index contributed by atoms with van der Waals surface area (Å²) in [6.45, 7) is 1.79. The molecule has 0 radical (unpaired) electrons. The molecule has 0 amide bonds. The lowest BCUT2D eigenvalue weighted by atomic mass is 9.78. The second kappa shape index (κ2) is 5.27. The minimum atomic E-state index is 0.594. The van der Waals surface area contributed by atoms with E-state index >= 15 is 0 Å². The standard InChI is InChI=1S/C15H23N3/c16-10-13-11-17-8-7-15(13)18-9-3-5-12-4-1-2-6-14(12)18/h7-8,11-12,14H,1-6,9-10,16H2/t12-,14-/m1/s1. The van der Waals surface area contributed by atoms with Gasteiger partial charge in [-0.25, -0.2) is 0 Å². The lowest BCUT2D eigenvalue weighted by molar-refractivity contribution is 0.243. The molecule has 1 saturated heterocycles. The molecule has 1 aromatic rings. The second-order valence-corrected chi connectivity index (χ2v) is 5.66. The Morgan fingerprint density at radius 2 is 2.06 bits per heavy atom. The summed E-state index contributed by atoms with van der Waals surface area (Å²) in [5, 5.41) is 0. The first-order valence-electron chi connectivity index (χ1n) is 7.29. The number of pyridine rings is 1. The maximum absolute atomic E-state index is 5.86. The molecule has 2 atom stereocenters. The summed E-state index contributed by atoms with van der Waals surface area (Å²) in [6.07, 6.45) is 12.2. The molecule has 2 N–H and O–H groups in total. The van der Waals surface area contributed by atoms with Gasteiger partial charge in [0.15, 0.2) is 0 Å². The van der Waals surface area contributed by atoms with E-state index in [0.29, 0.717) is 6.54 Å². The van der Waals surface area contributed by atoms with Gasteiger partial charge in [0, 0.05) is 42.8 Å². The van der Waals surface area contributed by atoms with Gasteiger partial charge in [-0.15, -0.1) is 0 Å². The van der Waals surface area contributed by atoms with Crippen molar-refractivity contribution in [2.45, 2.75) is 51.1 Å². The smallest absolute Gasteiger partial charge is 0.0445 e. The van der Waals surface area contributed by atoms with E-state index in [9.17, 15) is 0 Å². The lowest BCUT2D eigenvalue weighted by Gasteiger charge is -2.46. The quantitative estimate of drug-likeness (QED) is 0.871. The van der Waals surface area contributed by atoms with Crippen molar-refractivity contribution in [3.05, 3.63) is 24.0 Å². The molecule has 18 heavy (non-hydrogen) atoms. The summed E-state index contributed by atoms with van der Waals surface area (Å²) in [7, 11) is 0. The van der Waals surface area contributed by atoms with Crippen molar-refractivity contribution < 1.29 is 0 Å². The van der Waals surface area contributed by atoms with Crippen molar-refractivity contribution in [3.8, 4) is 0 Å². The first-order chi connectivity index (χ1) is 8.90. The highest BCUT2D eigenvalue weighted by atomic mass is 15.2. The van der Waals surface area contributed by atoms with Gasteiger partial charge in [0.05, 0.1) is 0 Å². The van der Waals surface area contributed by atoms with Crippen LogP contribution in [0.3, 0.4) is 0 Å². The highest BCUT2D eigenvalue weighted by molar-refractivity contribution is 5.53. The molecule has 1 saturated carbocycles. The Balaban J connectivity index is 1.89. The lowest BCUT2D eigenvalue weighted by Crippen LogP contribution is -2.47. The molecular formula is C15H23N3. The highest BCUT2D eigenvalue weighted by Crippen LogP contribution is 2.38. The Kier molecular flexibility index (Phi) is 3.50. The minimum absolute atomic E-state index is 0.594. The maximum Gasteiger partial charge on any atom is 0.0445 e. The number of hydrogen-bond acceptors (Lipinski definition) is 3. The molecule has 3 rings (SSSR count). The largest absolute Gasteiger partial charge is 0.368 e. The van der Waals surface area contributed by atoms with Crippen LogP contribution in [0, 0.1) is 5.92 Å². The summed E-state index contributed by atoms with van der Waals surface area (Å²) < 4.78 is 0. The van der Waals surface area contributed by atoms with Crippen LogP contribution in [-0.2, 0) is 6.54 Å². The molecule has 1 aromatic heterocycles. The third kappa shape index (κ3) is 2.12. The van der Waals surface area contributed by atoms with Crippen LogP contribution in [0.4, 0.5) is 5.69 Å². The molecule has 0 spiro atoms. The predicted molar refractivity (Wildman–Crippen MR) is 74.5 cm³/mol. The van der Waals surface area contributed by atoms with E-state index in [1.807, 2.05) is 12.4 Å². The van der Waals surface area contributed by atoms with E-state index < -0.39 is 0 Å². The molecule has 1 aliphatic carbocycles. The minimum Gasteiger partial charge on any atom is -0.368 e. The summed E-state index contributed by atoms with van der Waals surface area (Å²) in [6, 6.07) is 2.90. The molecule has 0 aromatic carbocycles. The zero-order chi connectivity index (χ0) is 12.4. The van der Waals surface area contributed by atoms with Gasteiger partial charge in [-0.05, 0) is 37.7 Å². The summed E-state index contributed by atoms with van der Waals surface area (Å²) in [4.78, 5) is 6.83. The van der Waals surface area contributed by atoms with Crippen LogP contribution in [-0.4, -0.2) is 17.6 Å². The molecule has 2 heterocycles. The van der Waals surface area contributed by atoms with Gasteiger partial charge in [-0.3, -0.25) is 4.98 Å². The van der Waals surface area contributed by atoms with Gasteiger partial charge in [0.1, 0.15) is 0 Å². The van der Waals surface area contributed by atoms with E-state index in [1.54, 1.807) is 0 Å². The van der Waals surface area contributed by atoms with Crippen LogP contribution in [0.25, 0.3) is 0 Å². The van der Waals surface area contributed by atoms with Crippen molar-refractivity contribution in [3.63, 3.8) is 0 Å². The van der Waals surface area contributed by atoms with Crippen molar-refractivity contribution >= 4 is 5.69 Å². The zero-order valence-corrected chi connectivity index (χ0v) is 11.0. The number of fused-ring (bicyclic) bond motifs is 1. The molecule has 2 fully saturated rings. The van der Waals surface area contributed by atoms with E-state index in [-0.39, 0.29) is 0 Å². The Hall–Kier alpha value is -1.09. The average Bonchev–Trinajstić information content (AvgIpc) is 2.46. The van der Waals surface area contributed by atoms with Crippen molar-refractivity contribution in [2.75, 3.05) is 11.4 Å². The predicted octanol–water partition coefficient (Wildman–Crippen LogP) is 2.70. The molecular weight excluding hydrogens is 222 g/mol. The Bertz CT molecular complexity index is 402.